The molecule has 0 aliphatic rings. The van der Waals surface area contributed by atoms with Gasteiger partial charge in [0.25, 0.3) is 0 Å². The van der Waals surface area contributed by atoms with Crippen LogP contribution in [0, 0.1) is 0 Å². The molecule has 12 heavy (non-hydrogen) atoms. The van der Waals surface area contributed by atoms with Crippen molar-refractivity contribution in [3.8, 4) is 0 Å². The molecule has 0 aliphatic carbocycles. The van der Waals surface area contributed by atoms with Crippen molar-refractivity contribution in [1.82, 2.24) is 3.71 Å². The fraction of sp³-hybridized carbons (Fsp3) is 0.833. The number of hydrogen-bond acceptors (Lipinski definition) is 4. The molecule has 0 saturated carbocycles. The Morgan fingerprint density at radius 2 is 2.08 bits per heavy atom. The fourth-order valence-electron chi connectivity index (χ4n) is 0.569. The summed E-state index contributed by atoms with van der Waals surface area (Å²) in [5.74, 6) is 0. The molecule has 0 bridgehead atoms. The van der Waals surface area contributed by atoms with E-state index in [2.05, 4.69) is 32.6 Å². The van der Waals surface area contributed by atoms with Crippen LogP contribution >= 0.6 is 25.6 Å². The number of unbranched alkanes of at least 4 members (excludes halogenated alkanes) is 2. The monoisotopic (exact) mass is 219 g/mol. The minimum Gasteiger partial charge on any atom is -1.00 e. The number of nitrogens with zero attached hydrogens (tertiary/aromatic N) is 1. The van der Waals surface area contributed by atoms with Crippen molar-refractivity contribution in [3.05, 3.63) is 0 Å². The van der Waals surface area contributed by atoms with Crippen molar-refractivity contribution in [1.29, 1.82) is 0 Å². The van der Waals surface area contributed by atoms with Crippen LogP contribution in [0.25, 0.3) is 0 Å². The molecular formula is C6H14NNaO2S2. The first-order chi connectivity index (χ1) is 5.18. The second-order valence-electron chi connectivity index (χ2n) is 2.11. The van der Waals surface area contributed by atoms with Gasteiger partial charge in [-0.05, 0) is 32.1 Å². The number of ether oxygens (including phenoxy) is 1. The Labute approximate surface area is 108 Å². The fourth-order valence-corrected chi connectivity index (χ4v) is 0.685. The molecule has 0 unspecified atom stereocenters. The Morgan fingerprint density at radius 3 is 2.50 bits per heavy atom. The first kappa shape index (κ1) is 15.4. The zero-order valence-corrected chi connectivity index (χ0v) is 11.3. The molecule has 0 rings (SSSR count). The molecular weight excluding hydrogens is 205 g/mol. The van der Waals surface area contributed by atoms with Gasteiger partial charge in [-0.3, -0.25) is 0 Å². The average Bonchev–Trinajstić information content (AvgIpc) is 1.97. The van der Waals surface area contributed by atoms with Crippen LogP contribution in [-0.2, 0) is 4.74 Å². The Hall–Kier alpha value is 0.970. The van der Waals surface area contributed by atoms with Crippen molar-refractivity contribution in [2.24, 2.45) is 0 Å². The third kappa shape index (κ3) is 9.06. The van der Waals surface area contributed by atoms with Gasteiger partial charge in [-0.15, -0.1) is 0 Å². The van der Waals surface area contributed by atoms with Crippen LogP contribution in [-0.4, -0.2) is 16.4 Å². The summed E-state index contributed by atoms with van der Waals surface area (Å²) in [4.78, 5) is 10.7. The molecule has 0 heterocycles. The maximum atomic E-state index is 10.7. The van der Waals surface area contributed by atoms with Crippen LogP contribution in [0.15, 0.2) is 0 Å². The number of rotatable bonds is 4. The van der Waals surface area contributed by atoms with E-state index in [1.165, 1.54) is 0 Å². The molecule has 0 aromatic carbocycles. The number of hydrogen-bond donors (Lipinski definition) is 2. The molecule has 68 valence electrons. The second-order valence-corrected chi connectivity index (χ2v) is 3.23. The summed E-state index contributed by atoms with van der Waals surface area (Å²) in [6.45, 7) is 2.54. The van der Waals surface area contributed by atoms with E-state index in [0.29, 0.717) is 6.61 Å². The van der Waals surface area contributed by atoms with Crippen LogP contribution in [0.1, 0.15) is 27.6 Å². The molecule has 0 aliphatic heterocycles. The molecule has 0 aromatic rings. The van der Waals surface area contributed by atoms with E-state index in [1.54, 1.807) is 0 Å². The van der Waals surface area contributed by atoms with E-state index < -0.39 is 6.09 Å². The summed E-state index contributed by atoms with van der Waals surface area (Å²) < 4.78 is 5.57. The van der Waals surface area contributed by atoms with E-state index in [9.17, 15) is 4.79 Å². The molecule has 0 N–H and O–H groups in total. The Kier molecular flexibility index (Phi) is 12.9. The third-order valence-electron chi connectivity index (χ3n) is 1.14. The maximum Gasteiger partial charge on any atom is 1.00 e. The van der Waals surface area contributed by atoms with Crippen LogP contribution in [0.2, 0.25) is 0 Å². The van der Waals surface area contributed by atoms with Crippen molar-refractivity contribution in [2.45, 2.75) is 26.2 Å². The summed E-state index contributed by atoms with van der Waals surface area (Å²) in [5, 5.41) is 0. The van der Waals surface area contributed by atoms with Gasteiger partial charge in [0.15, 0.2) is 0 Å². The van der Waals surface area contributed by atoms with Crippen LogP contribution in [0.5, 0.6) is 0 Å². The molecule has 1 amide bonds. The minimum atomic E-state index is -0.521. The number of thiol groups is 2. The van der Waals surface area contributed by atoms with E-state index >= 15 is 0 Å². The van der Waals surface area contributed by atoms with Crippen LogP contribution in [0.4, 0.5) is 4.79 Å². The topological polar surface area (TPSA) is 29.5 Å². The van der Waals surface area contributed by atoms with Crippen LogP contribution in [0.3, 0.4) is 0 Å². The predicted molar refractivity (Wildman–Crippen MR) is 51.8 cm³/mol. The minimum absolute atomic E-state index is 0. The summed E-state index contributed by atoms with van der Waals surface area (Å²) in [5.41, 5.74) is 0. The van der Waals surface area contributed by atoms with Gasteiger partial charge in [0.05, 0.1) is 6.61 Å². The summed E-state index contributed by atoms with van der Waals surface area (Å²) in [6.07, 6.45) is 2.57. The van der Waals surface area contributed by atoms with Gasteiger partial charge >= 0.3 is 35.7 Å². The molecule has 6 heteroatoms. The molecule has 0 atom stereocenters. The largest absolute Gasteiger partial charge is 1.00 e. The average molecular weight is 219 g/mol. The van der Waals surface area contributed by atoms with E-state index in [0.717, 1.165) is 23.0 Å². The molecule has 0 saturated heterocycles. The van der Waals surface area contributed by atoms with E-state index in [1.807, 2.05) is 0 Å². The van der Waals surface area contributed by atoms with Gasteiger partial charge in [0, 0.05) is 0 Å². The second kappa shape index (κ2) is 10.1. The molecule has 0 spiro atoms. The standard InChI is InChI=1S/C6H13NO2S2.Na.H/c1-2-3-4-5-9-6(8)7(10)11;;/h10-11H,2-5H2,1H3;;/q;+1;-1. The Balaban J connectivity index is -0.000000500. The normalized spacial score (nSPS) is 8.58. The number of carbonyl (C=O) groups is 1. The van der Waals surface area contributed by atoms with Crippen molar-refractivity contribution in [2.75, 3.05) is 6.61 Å². The number of carbonyl (C=O) groups excluding carboxylic acids is 1. The summed E-state index contributed by atoms with van der Waals surface area (Å²) in [6, 6.07) is 0. The third-order valence-corrected chi connectivity index (χ3v) is 1.46. The smallest absolute Gasteiger partial charge is 1.00 e. The molecule has 0 fully saturated rings. The first-order valence-corrected chi connectivity index (χ1v) is 4.33. The maximum absolute atomic E-state index is 10.7. The van der Waals surface area contributed by atoms with Gasteiger partial charge in [-0.2, -0.15) is 3.71 Å². The van der Waals surface area contributed by atoms with Gasteiger partial charge in [0.1, 0.15) is 0 Å². The van der Waals surface area contributed by atoms with Crippen molar-refractivity contribution < 1.29 is 40.5 Å². The predicted octanol–water partition coefficient (Wildman–Crippen LogP) is -0.579. The van der Waals surface area contributed by atoms with E-state index in [-0.39, 0.29) is 31.0 Å². The zero-order chi connectivity index (χ0) is 8.69. The summed E-state index contributed by atoms with van der Waals surface area (Å²) in [7, 11) is 0. The van der Waals surface area contributed by atoms with Crippen LogP contribution < -0.4 is 29.6 Å². The van der Waals surface area contributed by atoms with Crippen molar-refractivity contribution >= 4 is 31.7 Å². The SMILES string of the molecule is CCCCCOC(=O)N(S)S.[H-].[Na+]. The van der Waals surface area contributed by atoms with Gasteiger partial charge < -0.3 is 6.16 Å². The Morgan fingerprint density at radius 1 is 1.50 bits per heavy atom. The van der Waals surface area contributed by atoms with Gasteiger partial charge in [-0.25, -0.2) is 4.79 Å². The molecule has 0 aromatic heterocycles. The molecule has 3 nitrogen and oxygen atoms in total. The van der Waals surface area contributed by atoms with E-state index in [4.69, 9.17) is 4.74 Å². The first-order valence-electron chi connectivity index (χ1n) is 3.53. The van der Waals surface area contributed by atoms with Gasteiger partial charge in [0.2, 0.25) is 0 Å². The quantitative estimate of drug-likeness (QED) is 0.376. The zero-order valence-electron chi connectivity index (χ0n) is 8.49. The molecule has 0 radical (unpaired) electrons. The van der Waals surface area contributed by atoms with Crippen molar-refractivity contribution in [3.63, 3.8) is 0 Å². The summed E-state index contributed by atoms with van der Waals surface area (Å²) >= 11 is 7.28. The number of amides is 1. The van der Waals surface area contributed by atoms with Gasteiger partial charge in [-0.1, -0.05) is 19.8 Å². The Bertz CT molecular complexity index is 129.